The van der Waals surface area contributed by atoms with Crippen LogP contribution in [0.4, 0.5) is 10.5 Å². The van der Waals surface area contributed by atoms with Gasteiger partial charge in [0.1, 0.15) is 0 Å². The highest BCUT2D eigenvalue weighted by atomic mass is 16.4. The monoisotopic (exact) mass is 238 g/mol. The van der Waals surface area contributed by atoms with Crippen molar-refractivity contribution in [2.45, 2.75) is 25.3 Å². The summed E-state index contributed by atoms with van der Waals surface area (Å²) in [4.78, 5) is 22.2. The number of carboxylic acid groups (broad SMARTS) is 1. The molecule has 92 valence electrons. The standard InChI is InChI=1S/C10H14N4O3/c15-9(16)3-8(6-1-2-6)14-10(17)13-7-4-11-12-5-7/h4-6,8H,1-3H2,(H,11,12)(H,15,16)(H2,13,14,17). The number of amides is 2. The molecular weight excluding hydrogens is 224 g/mol. The summed E-state index contributed by atoms with van der Waals surface area (Å²) in [5, 5.41) is 20.2. The van der Waals surface area contributed by atoms with Gasteiger partial charge in [-0.05, 0) is 18.8 Å². The van der Waals surface area contributed by atoms with E-state index in [0.717, 1.165) is 12.8 Å². The number of aromatic amines is 1. The number of nitrogens with zero attached hydrogens (tertiary/aromatic N) is 1. The van der Waals surface area contributed by atoms with Crippen LogP contribution < -0.4 is 10.6 Å². The summed E-state index contributed by atoms with van der Waals surface area (Å²) in [5.41, 5.74) is 0.548. The Morgan fingerprint density at radius 3 is 2.88 bits per heavy atom. The number of aliphatic carboxylic acids is 1. The Kier molecular flexibility index (Phi) is 3.27. The normalized spacial score (nSPS) is 16.2. The van der Waals surface area contributed by atoms with Crippen molar-refractivity contribution in [1.82, 2.24) is 15.5 Å². The molecule has 0 radical (unpaired) electrons. The molecule has 0 spiro atoms. The van der Waals surface area contributed by atoms with E-state index in [0.29, 0.717) is 11.6 Å². The predicted molar refractivity (Wildman–Crippen MR) is 59.5 cm³/mol. The van der Waals surface area contributed by atoms with Crippen LogP contribution in [0.2, 0.25) is 0 Å². The molecule has 1 atom stereocenters. The van der Waals surface area contributed by atoms with Crippen molar-refractivity contribution in [2.75, 3.05) is 5.32 Å². The Balaban J connectivity index is 1.84. The largest absolute Gasteiger partial charge is 0.481 e. The summed E-state index contributed by atoms with van der Waals surface area (Å²) >= 11 is 0. The zero-order chi connectivity index (χ0) is 12.3. The van der Waals surface area contributed by atoms with Crippen LogP contribution in [0.15, 0.2) is 12.4 Å². The van der Waals surface area contributed by atoms with Gasteiger partial charge in [-0.2, -0.15) is 5.10 Å². The molecule has 1 aliphatic carbocycles. The van der Waals surface area contributed by atoms with Gasteiger partial charge in [0.15, 0.2) is 0 Å². The van der Waals surface area contributed by atoms with Gasteiger partial charge in [0, 0.05) is 12.2 Å². The first-order valence-electron chi connectivity index (χ1n) is 5.43. The van der Waals surface area contributed by atoms with E-state index in [9.17, 15) is 9.59 Å². The highest BCUT2D eigenvalue weighted by Crippen LogP contribution is 2.34. The highest BCUT2D eigenvalue weighted by Gasteiger charge is 2.33. The zero-order valence-corrected chi connectivity index (χ0v) is 9.14. The summed E-state index contributed by atoms with van der Waals surface area (Å²) in [7, 11) is 0. The predicted octanol–water partition coefficient (Wildman–Crippen LogP) is 0.784. The fraction of sp³-hybridized carbons (Fsp3) is 0.500. The Bertz CT molecular complexity index is 400. The Morgan fingerprint density at radius 1 is 1.59 bits per heavy atom. The SMILES string of the molecule is O=C(O)CC(NC(=O)Nc1cn[nH]c1)C1CC1. The van der Waals surface area contributed by atoms with Crippen molar-refractivity contribution in [3.05, 3.63) is 12.4 Å². The van der Waals surface area contributed by atoms with Crippen LogP contribution in [0.1, 0.15) is 19.3 Å². The maximum absolute atomic E-state index is 11.6. The van der Waals surface area contributed by atoms with Crippen molar-refractivity contribution in [2.24, 2.45) is 5.92 Å². The van der Waals surface area contributed by atoms with Crippen molar-refractivity contribution >= 4 is 17.7 Å². The lowest BCUT2D eigenvalue weighted by Crippen LogP contribution is -2.40. The Morgan fingerprint density at radius 2 is 2.35 bits per heavy atom. The highest BCUT2D eigenvalue weighted by molar-refractivity contribution is 5.89. The second kappa shape index (κ2) is 4.86. The van der Waals surface area contributed by atoms with Crippen LogP contribution in [0.5, 0.6) is 0 Å². The molecule has 1 unspecified atom stereocenters. The third-order valence-electron chi connectivity index (χ3n) is 2.66. The summed E-state index contributed by atoms with van der Waals surface area (Å²) in [6, 6.07) is -0.691. The van der Waals surface area contributed by atoms with Crippen LogP contribution >= 0.6 is 0 Å². The number of rotatable bonds is 5. The second-order valence-electron chi connectivity index (χ2n) is 4.13. The minimum atomic E-state index is -0.898. The first kappa shape index (κ1) is 11.4. The van der Waals surface area contributed by atoms with E-state index in [1.165, 1.54) is 6.20 Å². The van der Waals surface area contributed by atoms with E-state index in [2.05, 4.69) is 20.8 Å². The molecule has 0 bridgehead atoms. The molecule has 4 N–H and O–H groups in total. The van der Waals surface area contributed by atoms with Crippen LogP contribution in [0.25, 0.3) is 0 Å². The summed E-state index contributed by atoms with van der Waals surface area (Å²) in [6.07, 6.45) is 4.93. The topological polar surface area (TPSA) is 107 Å². The van der Waals surface area contributed by atoms with Gasteiger partial charge in [-0.3, -0.25) is 9.89 Å². The molecule has 1 aromatic rings. The van der Waals surface area contributed by atoms with Crippen LogP contribution in [-0.2, 0) is 4.79 Å². The molecule has 2 amide bonds. The first-order chi connectivity index (χ1) is 8.15. The van der Waals surface area contributed by atoms with Gasteiger partial charge in [-0.1, -0.05) is 0 Å². The van der Waals surface area contributed by atoms with Crippen LogP contribution in [0.3, 0.4) is 0 Å². The van der Waals surface area contributed by atoms with Gasteiger partial charge in [0.25, 0.3) is 0 Å². The molecule has 1 heterocycles. The number of H-pyrrole nitrogens is 1. The van der Waals surface area contributed by atoms with Gasteiger partial charge in [0.05, 0.1) is 18.3 Å². The number of aromatic nitrogens is 2. The third kappa shape index (κ3) is 3.47. The fourth-order valence-electron chi connectivity index (χ4n) is 1.68. The molecule has 0 saturated heterocycles. The minimum absolute atomic E-state index is 0.0382. The molecule has 2 rings (SSSR count). The van der Waals surface area contributed by atoms with Gasteiger partial charge < -0.3 is 15.7 Å². The average molecular weight is 238 g/mol. The molecule has 7 nitrogen and oxygen atoms in total. The zero-order valence-electron chi connectivity index (χ0n) is 9.14. The molecule has 0 aliphatic heterocycles. The molecule has 1 aromatic heterocycles. The fourth-order valence-corrected chi connectivity index (χ4v) is 1.68. The van der Waals surface area contributed by atoms with Gasteiger partial charge in [-0.25, -0.2) is 4.79 Å². The summed E-state index contributed by atoms with van der Waals surface area (Å²) < 4.78 is 0. The Hall–Kier alpha value is -2.05. The van der Waals surface area contributed by atoms with E-state index in [4.69, 9.17) is 5.11 Å². The summed E-state index contributed by atoms with van der Waals surface area (Å²) in [6.45, 7) is 0. The third-order valence-corrected chi connectivity index (χ3v) is 2.66. The van der Waals surface area contributed by atoms with Crippen molar-refractivity contribution < 1.29 is 14.7 Å². The molecule has 0 aromatic carbocycles. The number of urea groups is 1. The number of hydrogen-bond acceptors (Lipinski definition) is 3. The lowest BCUT2D eigenvalue weighted by Gasteiger charge is -2.16. The number of anilines is 1. The van der Waals surface area contributed by atoms with E-state index >= 15 is 0 Å². The van der Waals surface area contributed by atoms with Crippen molar-refractivity contribution in [1.29, 1.82) is 0 Å². The smallest absolute Gasteiger partial charge is 0.319 e. The number of carbonyl (C=O) groups is 2. The molecule has 1 fully saturated rings. The average Bonchev–Trinajstić information content (AvgIpc) is 2.97. The molecule has 1 saturated carbocycles. The lowest BCUT2D eigenvalue weighted by atomic mass is 10.1. The van der Waals surface area contributed by atoms with Gasteiger partial charge in [-0.15, -0.1) is 0 Å². The number of nitrogens with one attached hydrogen (secondary N) is 3. The second-order valence-corrected chi connectivity index (χ2v) is 4.13. The molecule has 1 aliphatic rings. The number of carbonyl (C=O) groups excluding carboxylic acids is 1. The number of carboxylic acids is 1. The Labute approximate surface area is 97.6 Å². The van der Waals surface area contributed by atoms with Crippen LogP contribution in [-0.4, -0.2) is 33.3 Å². The number of hydrogen-bond donors (Lipinski definition) is 4. The van der Waals surface area contributed by atoms with Gasteiger partial charge >= 0.3 is 12.0 Å². The van der Waals surface area contributed by atoms with E-state index in [1.54, 1.807) is 6.20 Å². The quantitative estimate of drug-likeness (QED) is 0.608. The first-order valence-corrected chi connectivity index (χ1v) is 5.43. The van der Waals surface area contributed by atoms with Crippen molar-refractivity contribution in [3.8, 4) is 0 Å². The maximum Gasteiger partial charge on any atom is 0.319 e. The molecule has 17 heavy (non-hydrogen) atoms. The van der Waals surface area contributed by atoms with E-state index in [1.807, 2.05) is 0 Å². The van der Waals surface area contributed by atoms with Gasteiger partial charge in [0.2, 0.25) is 0 Å². The van der Waals surface area contributed by atoms with Crippen molar-refractivity contribution in [3.63, 3.8) is 0 Å². The lowest BCUT2D eigenvalue weighted by molar-refractivity contribution is -0.137. The molecule has 7 heteroatoms. The molecular formula is C10H14N4O3. The minimum Gasteiger partial charge on any atom is -0.481 e. The summed E-state index contributed by atoms with van der Waals surface area (Å²) in [5.74, 6) is -0.605. The maximum atomic E-state index is 11.6. The van der Waals surface area contributed by atoms with E-state index in [-0.39, 0.29) is 12.5 Å². The van der Waals surface area contributed by atoms with Crippen LogP contribution in [0, 0.1) is 5.92 Å². The van der Waals surface area contributed by atoms with E-state index < -0.39 is 12.0 Å².